The maximum absolute atomic E-state index is 6.02. The molecule has 0 atom stereocenters. The van der Waals surface area contributed by atoms with E-state index < -0.39 is 0 Å². The van der Waals surface area contributed by atoms with Crippen molar-refractivity contribution in [1.29, 1.82) is 0 Å². The van der Waals surface area contributed by atoms with E-state index in [1.807, 2.05) is 12.1 Å². The van der Waals surface area contributed by atoms with Gasteiger partial charge in [-0.15, -0.1) is 24.0 Å². The zero-order valence-corrected chi connectivity index (χ0v) is 15.9. The predicted octanol–water partition coefficient (Wildman–Crippen LogP) is 3.80. The van der Waals surface area contributed by atoms with Crippen molar-refractivity contribution in [2.45, 2.75) is 39.0 Å². The van der Waals surface area contributed by atoms with Gasteiger partial charge in [0, 0.05) is 25.9 Å². The topological polar surface area (TPSA) is 59.6 Å². The Morgan fingerprint density at radius 3 is 2.77 bits per heavy atom. The van der Waals surface area contributed by atoms with Crippen LogP contribution in [0, 0.1) is 5.41 Å². The van der Waals surface area contributed by atoms with Crippen LogP contribution in [0.3, 0.4) is 0 Å². The van der Waals surface area contributed by atoms with Crippen molar-refractivity contribution in [3.63, 3.8) is 0 Å². The quantitative estimate of drug-likeness (QED) is 0.403. The number of nitrogens with two attached hydrogens (primary N) is 1. The highest BCUT2D eigenvalue weighted by Crippen LogP contribution is 2.44. The number of aliphatic imine (C=N–C) groups is 1. The average Bonchev–Trinajstić information content (AvgIpc) is 2.46. The number of nitrogens with one attached hydrogen (secondary N) is 1. The first-order valence-corrected chi connectivity index (χ1v) is 7.82. The molecule has 0 bridgehead atoms. The van der Waals surface area contributed by atoms with Crippen LogP contribution in [-0.4, -0.2) is 26.2 Å². The molecular weight excluding hydrogens is 389 g/mol. The number of hydrogen-bond donors (Lipinski definition) is 2. The first kappa shape index (κ1) is 19.2. The van der Waals surface area contributed by atoms with Crippen LogP contribution in [0.1, 0.15) is 38.2 Å². The third kappa shape index (κ3) is 5.43. The maximum atomic E-state index is 6.02. The number of ether oxygens (including phenoxy) is 1. The molecule has 1 aliphatic rings. The van der Waals surface area contributed by atoms with Gasteiger partial charge in [-0.3, -0.25) is 4.99 Å². The summed E-state index contributed by atoms with van der Waals surface area (Å²) in [7, 11) is 1.76. The lowest BCUT2D eigenvalue weighted by atomic mass is 9.67. The van der Waals surface area contributed by atoms with Crippen LogP contribution < -0.4 is 11.1 Å². The number of hydrogen-bond acceptors (Lipinski definition) is 2. The maximum Gasteiger partial charge on any atom is 0.193 e. The average molecular weight is 417 g/mol. The molecule has 1 aromatic rings. The second kappa shape index (κ2) is 9.35. The molecule has 1 aliphatic carbocycles. The van der Waals surface area contributed by atoms with E-state index in [9.17, 15) is 0 Å². The fourth-order valence-corrected chi connectivity index (χ4v) is 2.79. The van der Waals surface area contributed by atoms with E-state index in [0.717, 1.165) is 31.7 Å². The molecule has 5 heteroatoms. The van der Waals surface area contributed by atoms with E-state index in [-0.39, 0.29) is 24.0 Å². The second-order valence-electron chi connectivity index (χ2n) is 5.98. The zero-order chi connectivity index (χ0) is 15.1. The van der Waals surface area contributed by atoms with Gasteiger partial charge in [0.1, 0.15) is 0 Å². The van der Waals surface area contributed by atoms with Crippen LogP contribution in [0.4, 0.5) is 5.69 Å². The lowest BCUT2D eigenvalue weighted by molar-refractivity contribution is 0.0780. The molecule has 1 aromatic carbocycles. The molecule has 0 aliphatic heterocycles. The number of halogens is 1. The van der Waals surface area contributed by atoms with E-state index in [4.69, 9.17) is 10.5 Å². The van der Waals surface area contributed by atoms with Crippen LogP contribution in [-0.2, 0) is 11.2 Å². The molecule has 0 radical (unpaired) electrons. The van der Waals surface area contributed by atoms with Crippen LogP contribution in [0.2, 0.25) is 0 Å². The van der Waals surface area contributed by atoms with Crippen molar-refractivity contribution in [1.82, 2.24) is 0 Å². The summed E-state index contributed by atoms with van der Waals surface area (Å²) in [5.74, 6) is 0.506. The van der Waals surface area contributed by atoms with Crippen LogP contribution in [0.15, 0.2) is 29.3 Å². The van der Waals surface area contributed by atoms with Crippen LogP contribution in [0.25, 0.3) is 0 Å². The van der Waals surface area contributed by atoms with E-state index >= 15 is 0 Å². The fraction of sp³-hybridized carbons (Fsp3) is 0.588. The summed E-state index contributed by atoms with van der Waals surface area (Å²) in [6, 6.07) is 8.30. The third-order valence-corrected chi connectivity index (χ3v) is 4.44. The Bertz CT molecular complexity index is 487. The van der Waals surface area contributed by atoms with Gasteiger partial charge in [-0.1, -0.05) is 25.5 Å². The molecule has 124 valence electrons. The SMILES string of the molecule is CCc1cccc(NC(N)=NCC2(CCOC)CCC2)c1.I. The van der Waals surface area contributed by atoms with Gasteiger partial charge in [-0.05, 0) is 48.8 Å². The molecule has 4 nitrogen and oxygen atoms in total. The lowest BCUT2D eigenvalue weighted by Gasteiger charge is -2.40. The minimum absolute atomic E-state index is 0. The molecule has 3 N–H and O–H groups in total. The summed E-state index contributed by atoms with van der Waals surface area (Å²) >= 11 is 0. The molecular formula is C17H28IN3O. The van der Waals surface area contributed by atoms with Gasteiger partial charge in [0.05, 0.1) is 0 Å². The van der Waals surface area contributed by atoms with Crippen molar-refractivity contribution >= 4 is 35.6 Å². The van der Waals surface area contributed by atoms with Gasteiger partial charge in [-0.2, -0.15) is 0 Å². The molecule has 0 aromatic heterocycles. The Balaban J connectivity index is 0.00000242. The number of anilines is 1. The minimum Gasteiger partial charge on any atom is -0.385 e. The van der Waals surface area contributed by atoms with Gasteiger partial charge in [0.2, 0.25) is 0 Å². The van der Waals surface area contributed by atoms with Crippen molar-refractivity contribution in [3.05, 3.63) is 29.8 Å². The Morgan fingerprint density at radius 1 is 1.41 bits per heavy atom. The van der Waals surface area contributed by atoms with Crippen molar-refractivity contribution in [2.24, 2.45) is 16.1 Å². The number of guanidine groups is 1. The number of aryl methyl sites for hydroxylation is 1. The summed E-state index contributed by atoms with van der Waals surface area (Å²) in [6.07, 6.45) is 5.86. The summed E-state index contributed by atoms with van der Waals surface area (Å²) in [6.45, 7) is 3.75. The van der Waals surface area contributed by atoms with E-state index in [2.05, 4.69) is 29.4 Å². The van der Waals surface area contributed by atoms with Gasteiger partial charge in [0.15, 0.2) is 5.96 Å². The molecule has 0 saturated heterocycles. The molecule has 0 spiro atoms. The van der Waals surface area contributed by atoms with E-state index in [0.29, 0.717) is 11.4 Å². The first-order chi connectivity index (χ1) is 10.2. The Hall–Kier alpha value is -0.820. The summed E-state index contributed by atoms with van der Waals surface area (Å²) < 4.78 is 5.21. The first-order valence-electron chi connectivity index (χ1n) is 7.82. The third-order valence-electron chi connectivity index (χ3n) is 4.44. The molecule has 0 heterocycles. The van der Waals surface area contributed by atoms with Gasteiger partial charge in [0.25, 0.3) is 0 Å². The van der Waals surface area contributed by atoms with E-state index in [1.54, 1.807) is 7.11 Å². The number of nitrogens with zero attached hydrogens (tertiary/aromatic N) is 1. The molecule has 1 saturated carbocycles. The highest BCUT2D eigenvalue weighted by molar-refractivity contribution is 14.0. The fourth-order valence-electron chi connectivity index (χ4n) is 2.79. The highest BCUT2D eigenvalue weighted by atomic mass is 127. The van der Waals surface area contributed by atoms with Gasteiger partial charge >= 0.3 is 0 Å². The summed E-state index contributed by atoms with van der Waals surface area (Å²) in [5, 5.41) is 3.19. The van der Waals surface area contributed by atoms with Crippen molar-refractivity contribution in [2.75, 3.05) is 25.6 Å². The standard InChI is InChI=1S/C17H27N3O.HI/c1-3-14-6-4-7-15(12-14)20-16(18)19-13-17(8-5-9-17)10-11-21-2;/h4,6-7,12H,3,5,8-11,13H2,1-2H3,(H3,18,19,20);1H. The normalized spacial score (nSPS) is 16.5. The molecule has 0 unspecified atom stereocenters. The van der Waals surface area contributed by atoms with Crippen LogP contribution in [0.5, 0.6) is 0 Å². The number of methoxy groups -OCH3 is 1. The zero-order valence-electron chi connectivity index (χ0n) is 13.6. The molecule has 22 heavy (non-hydrogen) atoms. The molecule has 0 amide bonds. The molecule has 1 fully saturated rings. The predicted molar refractivity (Wildman–Crippen MR) is 104 cm³/mol. The van der Waals surface area contributed by atoms with Gasteiger partial charge < -0.3 is 15.8 Å². The minimum atomic E-state index is 0. The van der Waals surface area contributed by atoms with Gasteiger partial charge in [-0.25, -0.2) is 0 Å². The smallest absolute Gasteiger partial charge is 0.193 e. The Kier molecular flexibility index (Phi) is 8.17. The van der Waals surface area contributed by atoms with E-state index in [1.165, 1.54) is 24.8 Å². The largest absolute Gasteiger partial charge is 0.385 e. The summed E-state index contributed by atoms with van der Waals surface area (Å²) in [5.41, 5.74) is 8.64. The number of benzene rings is 1. The Labute approximate surface area is 150 Å². The second-order valence-corrected chi connectivity index (χ2v) is 5.98. The Morgan fingerprint density at radius 2 is 2.18 bits per heavy atom. The number of rotatable bonds is 7. The van der Waals surface area contributed by atoms with Crippen molar-refractivity contribution in [3.8, 4) is 0 Å². The summed E-state index contributed by atoms with van der Waals surface area (Å²) in [4.78, 5) is 4.55. The lowest BCUT2D eigenvalue weighted by Crippen LogP contribution is -2.35. The monoisotopic (exact) mass is 417 g/mol. The van der Waals surface area contributed by atoms with Crippen LogP contribution >= 0.6 is 24.0 Å². The van der Waals surface area contributed by atoms with Crippen molar-refractivity contribution < 1.29 is 4.74 Å². The molecule has 2 rings (SSSR count). The highest BCUT2D eigenvalue weighted by Gasteiger charge is 2.36.